The van der Waals surface area contributed by atoms with E-state index in [4.69, 9.17) is 9.15 Å². The Morgan fingerprint density at radius 1 is 1.28 bits per heavy atom. The lowest BCUT2D eigenvalue weighted by Crippen LogP contribution is -2.23. The molecular weight excluding hydrogens is 446 g/mol. The lowest BCUT2D eigenvalue weighted by atomic mass is 10.1. The Balaban J connectivity index is 1.39. The standard InChI is InChI=1S/C23H21N3O4S2/c1-3-29-23(28)17-14-8-6-10-16(14)32-21(17)26-20(27)12(2)31-22-19-18(24-11-25-22)13-7-4-5-9-15(13)30-19/h4-5,7,9,11-12H,3,6,8,10H2,1-2H3,(H,26,27)/t12-/m1/s1. The van der Waals surface area contributed by atoms with Crippen LogP contribution in [0.4, 0.5) is 5.00 Å². The fraction of sp³-hybridized carbons (Fsp3) is 0.304. The van der Waals surface area contributed by atoms with E-state index in [1.807, 2.05) is 31.2 Å². The van der Waals surface area contributed by atoms with E-state index in [-0.39, 0.29) is 11.9 Å². The Kier molecular flexibility index (Phi) is 5.60. The minimum absolute atomic E-state index is 0.205. The highest BCUT2D eigenvalue weighted by atomic mass is 32.2. The molecule has 5 rings (SSSR count). The molecule has 3 heterocycles. The van der Waals surface area contributed by atoms with Gasteiger partial charge in [0.15, 0.2) is 5.58 Å². The van der Waals surface area contributed by atoms with Crippen LogP contribution < -0.4 is 5.32 Å². The number of carbonyl (C=O) groups excluding carboxylic acids is 2. The first-order valence-corrected chi connectivity index (χ1v) is 12.2. The highest BCUT2D eigenvalue weighted by Crippen LogP contribution is 2.40. The molecular formula is C23H21N3O4S2. The molecule has 32 heavy (non-hydrogen) atoms. The summed E-state index contributed by atoms with van der Waals surface area (Å²) in [5, 5.41) is 4.58. The van der Waals surface area contributed by atoms with E-state index >= 15 is 0 Å². The molecule has 1 N–H and O–H groups in total. The SMILES string of the molecule is CCOC(=O)c1c(NC(=O)[C@@H](C)Sc2ncnc3c2oc2ccccc23)sc2c1CCC2. The fourth-order valence-corrected chi connectivity index (χ4v) is 6.07. The molecule has 0 radical (unpaired) electrons. The maximum atomic E-state index is 13.0. The van der Waals surface area contributed by atoms with Crippen LogP contribution in [0.3, 0.4) is 0 Å². The Hall–Kier alpha value is -2.91. The predicted octanol–water partition coefficient (Wildman–Crippen LogP) is 5.22. The number of amides is 1. The van der Waals surface area contributed by atoms with E-state index in [2.05, 4.69) is 15.3 Å². The number of aryl methyl sites for hydroxylation is 1. The van der Waals surface area contributed by atoms with Gasteiger partial charge in [0, 0.05) is 10.3 Å². The molecule has 0 unspecified atom stereocenters. The molecule has 7 nitrogen and oxygen atoms in total. The number of anilines is 1. The third-order valence-electron chi connectivity index (χ3n) is 5.42. The monoisotopic (exact) mass is 467 g/mol. The third-order valence-corrected chi connectivity index (χ3v) is 7.71. The number of benzene rings is 1. The summed E-state index contributed by atoms with van der Waals surface area (Å²) < 4.78 is 11.2. The van der Waals surface area contributed by atoms with Crippen molar-refractivity contribution >= 4 is 62.0 Å². The van der Waals surface area contributed by atoms with Gasteiger partial charge in [-0.3, -0.25) is 4.79 Å². The number of nitrogens with zero attached hydrogens (tertiary/aromatic N) is 2. The number of aromatic nitrogens is 2. The number of rotatable bonds is 6. The zero-order valence-corrected chi connectivity index (χ0v) is 19.3. The average Bonchev–Trinajstić information content (AvgIpc) is 3.47. The minimum atomic E-state index is -0.465. The zero-order valence-electron chi connectivity index (χ0n) is 17.6. The van der Waals surface area contributed by atoms with Gasteiger partial charge >= 0.3 is 5.97 Å². The van der Waals surface area contributed by atoms with Crippen LogP contribution in [0.1, 0.15) is 41.1 Å². The van der Waals surface area contributed by atoms with Crippen LogP contribution >= 0.6 is 23.1 Å². The normalized spacial score (nSPS) is 13.9. The summed E-state index contributed by atoms with van der Waals surface area (Å²) in [4.78, 5) is 35.5. The molecule has 1 atom stereocenters. The van der Waals surface area contributed by atoms with E-state index in [1.165, 1.54) is 29.4 Å². The Bertz CT molecular complexity index is 1340. The largest absolute Gasteiger partial charge is 0.462 e. The van der Waals surface area contributed by atoms with Crippen molar-refractivity contribution in [3.8, 4) is 0 Å². The number of thioether (sulfide) groups is 1. The van der Waals surface area contributed by atoms with Crippen LogP contribution in [0.2, 0.25) is 0 Å². The van der Waals surface area contributed by atoms with E-state index < -0.39 is 5.25 Å². The van der Waals surface area contributed by atoms with Crippen molar-refractivity contribution in [3.05, 3.63) is 46.6 Å². The van der Waals surface area contributed by atoms with Crippen LogP contribution in [-0.2, 0) is 22.4 Å². The van der Waals surface area contributed by atoms with Gasteiger partial charge in [0.05, 0.1) is 17.4 Å². The minimum Gasteiger partial charge on any atom is -0.462 e. The number of nitrogens with one attached hydrogen (secondary N) is 1. The molecule has 0 aliphatic heterocycles. The maximum Gasteiger partial charge on any atom is 0.341 e. The number of thiophene rings is 1. The number of ether oxygens (including phenoxy) is 1. The van der Waals surface area contributed by atoms with Crippen molar-refractivity contribution in [2.45, 2.75) is 43.4 Å². The van der Waals surface area contributed by atoms with Crippen molar-refractivity contribution < 1.29 is 18.7 Å². The first-order chi connectivity index (χ1) is 15.6. The second-order valence-electron chi connectivity index (χ2n) is 7.49. The maximum absolute atomic E-state index is 13.0. The van der Waals surface area contributed by atoms with Crippen LogP contribution in [0.25, 0.3) is 22.1 Å². The fourth-order valence-electron chi connectivity index (χ4n) is 3.93. The summed E-state index contributed by atoms with van der Waals surface area (Å²) >= 11 is 2.78. The Morgan fingerprint density at radius 2 is 2.12 bits per heavy atom. The molecule has 0 spiro atoms. The number of carbonyl (C=O) groups is 2. The predicted molar refractivity (Wildman–Crippen MR) is 126 cm³/mol. The molecule has 9 heteroatoms. The van der Waals surface area contributed by atoms with E-state index in [0.29, 0.717) is 27.8 Å². The van der Waals surface area contributed by atoms with Crippen LogP contribution in [0.5, 0.6) is 0 Å². The molecule has 1 aromatic carbocycles. The summed E-state index contributed by atoms with van der Waals surface area (Å²) in [6.07, 6.45) is 4.28. The highest BCUT2D eigenvalue weighted by molar-refractivity contribution is 8.00. The molecule has 0 saturated carbocycles. The molecule has 1 amide bonds. The molecule has 1 aliphatic rings. The smallest absolute Gasteiger partial charge is 0.341 e. The number of para-hydroxylation sites is 1. The van der Waals surface area contributed by atoms with Crippen molar-refractivity contribution in [2.24, 2.45) is 0 Å². The van der Waals surface area contributed by atoms with Gasteiger partial charge in [-0.25, -0.2) is 14.8 Å². The topological polar surface area (TPSA) is 94.3 Å². The zero-order chi connectivity index (χ0) is 22.2. The molecule has 4 aromatic rings. The van der Waals surface area contributed by atoms with E-state index in [1.54, 1.807) is 6.92 Å². The first-order valence-electron chi connectivity index (χ1n) is 10.5. The number of esters is 1. The van der Waals surface area contributed by atoms with Gasteiger partial charge in [-0.15, -0.1) is 11.3 Å². The molecule has 164 valence electrons. The molecule has 1 aliphatic carbocycles. The number of hydrogen-bond acceptors (Lipinski definition) is 8. The summed E-state index contributed by atoms with van der Waals surface area (Å²) in [7, 11) is 0. The second-order valence-corrected chi connectivity index (χ2v) is 9.92. The lowest BCUT2D eigenvalue weighted by molar-refractivity contribution is -0.115. The Labute approximate surface area is 192 Å². The highest BCUT2D eigenvalue weighted by Gasteiger charge is 2.29. The number of fused-ring (bicyclic) bond motifs is 4. The van der Waals surface area contributed by atoms with Crippen LogP contribution in [0, 0.1) is 0 Å². The van der Waals surface area contributed by atoms with Gasteiger partial charge < -0.3 is 14.5 Å². The summed E-state index contributed by atoms with van der Waals surface area (Å²) in [5.74, 6) is -0.578. The molecule has 0 bridgehead atoms. The van der Waals surface area contributed by atoms with Gasteiger partial charge in [-0.1, -0.05) is 23.9 Å². The lowest BCUT2D eigenvalue weighted by Gasteiger charge is -2.12. The van der Waals surface area contributed by atoms with Crippen LogP contribution in [-0.4, -0.2) is 33.7 Å². The molecule has 3 aromatic heterocycles. The third kappa shape index (κ3) is 3.65. The Morgan fingerprint density at radius 3 is 2.97 bits per heavy atom. The van der Waals surface area contributed by atoms with Crippen molar-refractivity contribution in [3.63, 3.8) is 0 Å². The second kappa shape index (κ2) is 8.55. The number of furan rings is 1. The number of hydrogen-bond donors (Lipinski definition) is 1. The van der Waals surface area contributed by atoms with E-state index in [0.717, 1.165) is 46.2 Å². The van der Waals surface area contributed by atoms with Gasteiger partial charge in [0.2, 0.25) is 5.91 Å². The summed E-state index contributed by atoms with van der Waals surface area (Å²) in [5.41, 5.74) is 3.56. The average molecular weight is 468 g/mol. The van der Waals surface area contributed by atoms with Crippen molar-refractivity contribution in [1.82, 2.24) is 9.97 Å². The van der Waals surface area contributed by atoms with Gasteiger partial charge in [-0.2, -0.15) is 0 Å². The van der Waals surface area contributed by atoms with Crippen molar-refractivity contribution in [2.75, 3.05) is 11.9 Å². The van der Waals surface area contributed by atoms with Crippen molar-refractivity contribution in [1.29, 1.82) is 0 Å². The van der Waals surface area contributed by atoms with Crippen LogP contribution in [0.15, 0.2) is 40.0 Å². The van der Waals surface area contributed by atoms with Gasteiger partial charge in [0.1, 0.15) is 27.5 Å². The summed E-state index contributed by atoms with van der Waals surface area (Å²) in [6.45, 7) is 3.88. The molecule has 0 saturated heterocycles. The van der Waals surface area contributed by atoms with Gasteiger partial charge in [0.25, 0.3) is 0 Å². The van der Waals surface area contributed by atoms with E-state index in [9.17, 15) is 9.59 Å². The van der Waals surface area contributed by atoms with Gasteiger partial charge in [-0.05, 0) is 50.8 Å². The summed E-state index contributed by atoms with van der Waals surface area (Å²) in [6, 6.07) is 7.67. The quantitative estimate of drug-likeness (QED) is 0.236. The molecule has 0 fully saturated rings. The first kappa shape index (κ1) is 21.0.